The maximum absolute atomic E-state index is 7.25. The first-order valence-corrected chi connectivity index (χ1v) is 3.14. The normalized spacial score (nSPS) is 15.4. The standard InChI is InChI=1S/C7H7N3/c8-7-3-5-1-2-9-6(5)4-10-7/h1-2,4,8-9H,3H2. The second-order valence-corrected chi connectivity index (χ2v) is 2.30. The molecule has 0 aromatic carbocycles. The maximum atomic E-state index is 7.25. The van der Waals surface area contributed by atoms with Crippen molar-refractivity contribution < 1.29 is 0 Å². The highest BCUT2D eigenvalue weighted by Gasteiger charge is 2.08. The average Bonchev–Trinajstić information content (AvgIpc) is 2.33. The summed E-state index contributed by atoms with van der Waals surface area (Å²) in [6, 6.07) is 1.98. The second-order valence-electron chi connectivity index (χ2n) is 2.30. The van der Waals surface area contributed by atoms with E-state index in [2.05, 4.69) is 9.98 Å². The number of aromatic amines is 1. The minimum Gasteiger partial charge on any atom is -0.360 e. The van der Waals surface area contributed by atoms with Crippen LogP contribution >= 0.6 is 0 Å². The van der Waals surface area contributed by atoms with Crippen molar-refractivity contribution in [3.8, 4) is 0 Å². The number of rotatable bonds is 0. The molecule has 2 heterocycles. The van der Waals surface area contributed by atoms with Gasteiger partial charge in [-0.05, 0) is 11.6 Å². The van der Waals surface area contributed by atoms with E-state index in [1.165, 1.54) is 5.56 Å². The number of aromatic nitrogens is 1. The van der Waals surface area contributed by atoms with E-state index < -0.39 is 0 Å². The first-order chi connectivity index (χ1) is 4.86. The molecule has 0 saturated heterocycles. The van der Waals surface area contributed by atoms with Gasteiger partial charge in [0.2, 0.25) is 0 Å². The van der Waals surface area contributed by atoms with Gasteiger partial charge in [0.1, 0.15) is 5.84 Å². The van der Waals surface area contributed by atoms with Crippen molar-refractivity contribution in [3.63, 3.8) is 0 Å². The van der Waals surface area contributed by atoms with Gasteiger partial charge in [-0.1, -0.05) is 0 Å². The average molecular weight is 133 g/mol. The Morgan fingerprint density at radius 1 is 1.60 bits per heavy atom. The molecule has 0 amide bonds. The van der Waals surface area contributed by atoms with Crippen LogP contribution in [0, 0.1) is 5.41 Å². The molecule has 0 bridgehead atoms. The number of nitrogens with one attached hydrogen (secondary N) is 2. The first kappa shape index (κ1) is 5.41. The molecule has 50 valence electrons. The molecule has 10 heavy (non-hydrogen) atoms. The van der Waals surface area contributed by atoms with Crippen molar-refractivity contribution in [2.24, 2.45) is 4.99 Å². The lowest BCUT2D eigenvalue weighted by Gasteiger charge is -2.03. The molecule has 0 atom stereocenters. The number of fused-ring (bicyclic) bond motifs is 1. The van der Waals surface area contributed by atoms with Gasteiger partial charge >= 0.3 is 0 Å². The monoisotopic (exact) mass is 133 g/mol. The van der Waals surface area contributed by atoms with Crippen molar-refractivity contribution in [1.29, 1.82) is 5.41 Å². The Kier molecular flexibility index (Phi) is 0.974. The summed E-state index contributed by atoms with van der Waals surface area (Å²) >= 11 is 0. The molecule has 0 fully saturated rings. The Hall–Kier alpha value is -1.38. The van der Waals surface area contributed by atoms with Crippen LogP contribution in [0.1, 0.15) is 11.3 Å². The molecule has 0 aliphatic carbocycles. The van der Waals surface area contributed by atoms with Crippen molar-refractivity contribution >= 4 is 12.1 Å². The molecular formula is C7H7N3. The number of nitrogens with zero attached hydrogens (tertiary/aromatic N) is 1. The van der Waals surface area contributed by atoms with Crippen LogP contribution in [0.3, 0.4) is 0 Å². The topological polar surface area (TPSA) is 52.0 Å². The summed E-state index contributed by atoms with van der Waals surface area (Å²) in [4.78, 5) is 6.90. The molecule has 3 heteroatoms. The highest BCUT2D eigenvalue weighted by Crippen LogP contribution is 2.09. The Bertz CT molecular complexity index is 296. The lowest BCUT2D eigenvalue weighted by molar-refractivity contribution is 1.21. The molecule has 1 aromatic heterocycles. The van der Waals surface area contributed by atoms with Crippen LogP contribution in [0.2, 0.25) is 0 Å². The number of H-pyrrole nitrogens is 1. The van der Waals surface area contributed by atoms with Crippen LogP contribution in [0.25, 0.3) is 0 Å². The van der Waals surface area contributed by atoms with Gasteiger partial charge < -0.3 is 4.98 Å². The number of hydrogen-bond acceptors (Lipinski definition) is 1. The molecule has 0 spiro atoms. The lowest BCUT2D eigenvalue weighted by atomic mass is 10.1. The van der Waals surface area contributed by atoms with Crippen LogP contribution in [0.15, 0.2) is 17.3 Å². The van der Waals surface area contributed by atoms with Crippen LogP contribution in [-0.2, 0) is 6.42 Å². The Morgan fingerprint density at radius 3 is 3.40 bits per heavy atom. The zero-order valence-electron chi connectivity index (χ0n) is 5.39. The fourth-order valence-corrected chi connectivity index (χ4v) is 1.06. The van der Waals surface area contributed by atoms with Crippen molar-refractivity contribution in [3.05, 3.63) is 23.5 Å². The highest BCUT2D eigenvalue weighted by atomic mass is 14.9. The molecule has 2 rings (SSSR count). The predicted octanol–water partition coefficient (Wildman–Crippen LogP) is 0.967. The van der Waals surface area contributed by atoms with E-state index in [1.54, 1.807) is 6.21 Å². The van der Waals surface area contributed by atoms with E-state index >= 15 is 0 Å². The minimum absolute atomic E-state index is 0.437. The van der Waals surface area contributed by atoms with Crippen LogP contribution < -0.4 is 0 Å². The molecule has 0 radical (unpaired) electrons. The lowest BCUT2D eigenvalue weighted by Crippen LogP contribution is -2.06. The third-order valence-electron chi connectivity index (χ3n) is 1.58. The second kappa shape index (κ2) is 1.80. The largest absolute Gasteiger partial charge is 0.360 e. The van der Waals surface area contributed by atoms with Crippen molar-refractivity contribution in [2.45, 2.75) is 6.42 Å². The predicted molar refractivity (Wildman–Crippen MR) is 39.8 cm³/mol. The Morgan fingerprint density at radius 2 is 2.50 bits per heavy atom. The molecule has 3 nitrogen and oxygen atoms in total. The number of aliphatic imine (C=N–C) groups is 1. The highest BCUT2D eigenvalue weighted by molar-refractivity contribution is 5.98. The zero-order chi connectivity index (χ0) is 6.97. The molecule has 1 aliphatic heterocycles. The van der Waals surface area contributed by atoms with Crippen LogP contribution in [0.5, 0.6) is 0 Å². The van der Waals surface area contributed by atoms with E-state index in [-0.39, 0.29) is 0 Å². The first-order valence-electron chi connectivity index (χ1n) is 3.14. The van der Waals surface area contributed by atoms with Gasteiger partial charge in [-0.15, -0.1) is 0 Å². The van der Waals surface area contributed by atoms with Gasteiger partial charge in [0.05, 0.1) is 11.9 Å². The maximum Gasteiger partial charge on any atom is 0.125 e. The minimum atomic E-state index is 0.437. The summed E-state index contributed by atoms with van der Waals surface area (Å²) in [5, 5.41) is 7.25. The van der Waals surface area contributed by atoms with E-state index in [1.807, 2.05) is 12.3 Å². The van der Waals surface area contributed by atoms with Gasteiger partial charge in [0.25, 0.3) is 0 Å². The van der Waals surface area contributed by atoms with E-state index in [9.17, 15) is 0 Å². The Labute approximate surface area is 58.3 Å². The van der Waals surface area contributed by atoms with E-state index in [0.29, 0.717) is 12.3 Å². The quantitative estimate of drug-likeness (QED) is 0.530. The Balaban J connectivity index is 2.52. The molecule has 1 aromatic rings. The summed E-state index contributed by atoms with van der Waals surface area (Å²) in [5.41, 5.74) is 2.20. The third kappa shape index (κ3) is 0.673. The SMILES string of the molecule is N=C1Cc2cc[nH]c2C=N1. The van der Waals surface area contributed by atoms with Crippen molar-refractivity contribution in [2.75, 3.05) is 0 Å². The summed E-state index contributed by atoms with van der Waals surface area (Å²) in [6.07, 6.45) is 4.23. The smallest absolute Gasteiger partial charge is 0.125 e. The van der Waals surface area contributed by atoms with Gasteiger partial charge in [-0.25, -0.2) is 4.99 Å². The van der Waals surface area contributed by atoms with Gasteiger partial charge in [-0.2, -0.15) is 0 Å². The molecule has 0 saturated carbocycles. The van der Waals surface area contributed by atoms with Crippen molar-refractivity contribution in [1.82, 2.24) is 4.98 Å². The molecule has 0 unspecified atom stereocenters. The van der Waals surface area contributed by atoms with Gasteiger partial charge in [0.15, 0.2) is 0 Å². The molecule has 2 N–H and O–H groups in total. The van der Waals surface area contributed by atoms with E-state index in [0.717, 1.165) is 5.69 Å². The van der Waals surface area contributed by atoms with Gasteiger partial charge in [0, 0.05) is 12.6 Å². The van der Waals surface area contributed by atoms with Gasteiger partial charge in [-0.3, -0.25) is 5.41 Å². The fourth-order valence-electron chi connectivity index (χ4n) is 1.06. The third-order valence-corrected chi connectivity index (χ3v) is 1.58. The molecular weight excluding hydrogens is 126 g/mol. The molecule has 1 aliphatic rings. The summed E-state index contributed by atoms with van der Waals surface area (Å²) in [7, 11) is 0. The number of amidine groups is 1. The fraction of sp³-hybridized carbons (Fsp3) is 0.143. The van der Waals surface area contributed by atoms with Crippen LogP contribution in [0.4, 0.5) is 0 Å². The van der Waals surface area contributed by atoms with E-state index in [4.69, 9.17) is 5.41 Å². The number of hydrogen-bond donors (Lipinski definition) is 2. The van der Waals surface area contributed by atoms with Crippen LogP contribution in [-0.4, -0.2) is 17.0 Å². The summed E-state index contributed by atoms with van der Waals surface area (Å²) in [6.45, 7) is 0. The zero-order valence-corrected chi connectivity index (χ0v) is 5.39. The summed E-state index contributed by atoms with van der Waals surface area (Å²) < 4.78 is 0. The summed E-state index contributed by atoms with van der Waals surface area (Å²) in [5.74, 6) is 0.437.